The smallest absolute Gasteiger partial charge is 0.340 e. The Morgan fingerprint density at radius 1 is 1.32 bits per heavy atom. The Hall–Kier alpha value is -2.71. The van der Waals surface area contributed by atoms with Crippen LogP contribution in [0.3, 0.4) is 0 Å². The summed E-state index contributed by atoms with van der Waals surface area (Å²) in [6.45, 7) is 3.98. The number of methoxy groups -OCH3 is 1. The van der Waals surface area contributed by atoms with Gasteiger partial charge in [-0.3, -0.25) is 4.68 Å². The molecule has 0 aliphatic heterocycles. The first-order valence-corrected chi connectivity index (χ1v) is 9.96. The number of carbonyl (C=O) groups is 1. The number of thiophene rings is 1. The van der Waals surface area contributed by atoms with Gasteiger partial charge in [-0.1, -0.05) is 30.3 Å². The van der Waals surface area contributed by atoms with E-state index in [-0.39, 0.29) is 6.04 Å². The van der Waals surface area contributed by atoms with Crippen LogP contribution < -0.4 is 10.6 Å². The molecule has 2 N–H and O–H groups in total. The van der Waals surface area contributed by atoms with E-state index in [9.17, 15) is 4.79 Å². The fourth-order valence-electron chi connectivity index (χ4n) is 2.95. The Kier molecular flexibility index (Phi) is 6.11. The summed E-state index contributed by atoms with van der Waals surface area (Å²) in [6.07, 6.45) is 1.97. The maximum absolute atomic E-state index is 12.2. The van der Waals surface area contributed by atoms with E-state index in [0.29, 0.717) is 15.7 Å². The highest BCUT2D eigenvalue weighted by Crippen LogP contribution is 2.36. The van der Waals surface area contributed by atoms with Gasteiger partial charge < -0.3 is 15.4 Å². The van der Waals surface area contributed by atoms with E-state index in [1.54, 1.807) is 4.68 Å². The highest BCUT2D eigenvalue weighted by atomic mass is 32.1. The Balaban J connectivity index is 1.80. The van der Waals surface area contributed by atoms with E-state index in [1.807, 2.05) is 63.5 Å². The molecule has 1 aromatic carbocycles. The first kappa shape index (κ1) is 20.0. The first-order chi connectivity index (χ1) is 13.4. The third-order valence-corrected chi connectivity index (χ3v) is 5.61. The number of benzene rings is 1. The number of hydrogen-bond acceptors (Lipinski definition) is 5. The molecule has 146 valence electrons. The van der Waals surface area contributed by atoms with Crippen molar-refractivity contribution in [1.29, 1.82) is 0 Å². The van der Waals surface area contributed by atoms with Gasteiger partial charge in [0.15, 0.2) is 5.11 Å². The predicted octanol–water partition coefficient (Wildman–Crippen LogP) is 4.29. The summed E-state index contributed by atoms with van der Waals surface area (Å²) in [4.78, 5) is 13.2. The molecule has 0 bridgehead atoms. The normalized spacial score (nSPS) is 11.7. The van der Waals surface area contributed by atoms with Gasteiger partial charge in [-0.25, -0.2) is 4.79 Å². The molecule has 8 heteroatoms. The zero-order valence-corrected chi connectivity index (χ0v) is 17.8. The lowest BCUT2D eigenvalue weighted by Crippen LogP contribution is -2.31. The molecule has 1 unspecified atom stereocenters. The largest absolute Gasteiger partial charge is 0.465 e. The molecule has 0 spiro atoms. The number of aryl methyl sites for hydroxylation is 2. The van der Waals surface area contributed by atoms with Crippen LogP contribution >= 0.6 is 23.6 Å². The molecule has 0 radical (unpaired) electrons. The summed E-state index contributed by atoms with van der Waals surface area (Å²) in [5.41, 5.74) is 3.50. The van der Waals surface area contributed by atoms with Crippen LogP contribution in [0, 0.1) is 6.92 Å². The number of nitrogens with zero attached hydrogens (tertiary/aromatic N) is 2. The van der Waals surface area contributed by atoms with Crippen LogP contribution in [0.5, 0.6) is 0 Å². The fraction of sp³-hybridized carbons (Fsp3) is 0.250. The number of carbonyl (C=O) groups excluding carboxylic acids is 1. The summed E-state index contributed by atoms with van der Waals surface area (Å²) in [7, 11) is 3.26. The second-order valence-electron chi connectivity index (χ2n) is 6.37. The van der Waals surface area contributed by atoms with E-state index in [1.165, 1.54) is 18.4 Å². The number of hydrogen-bond donors (Lipinski definition) is 2. The molecule has 3 rings (SSSR count). The topological polar surface area (TPSA) is 68.2 Å². The van der Waals surface area contributed by atoms with Crippen molar-refractivity contribution in [1.82, 2.24) is 15.1 Å². The van der Waals surface area contributed by atoms with Gasteiger partial charge in [0, 0.05) is 23.7 Å². The van der Waals surface area contributed by atoms with Crippen molar-refractivity contribution in [2.24, 2.45) is 7.05 Å². The summed E-state index contributed by atoms with van der Waals surface area (Å²) in [5, 5.41) is 11.9. The van der Waals surface area contributed by atoms with Crippen LogP contribution in [0.1, 0.15) is 34.6 Å². The Morgan fingerprint density at radius 2 is 2.04 bits per heavy atom. The quantitative estimate of drug-likeness (QED) is 0.479. The highest BCUT2D eigenvalue weighted by molar-refractivity contribution is 7.80. The van der Waals surface area contributed by atoms with Gasteiger partial charge in [-0.05, 0) is 37.7 Å². The summed E-state index contributed by atoms with van der Waals surface area (Å²) >= 11 is 6.93. The average molecular weight is 415 g/mol. The lowest BCUT2D eigenvalue weighted by Gasteiger charge is -2.16. The predicted molar refractivity (Wildman–Crippen MR) is 117 cm³/mol. The third-order valence-electron chi connectivity index (χ3n) is 4.29. The first-order valence-electron chi connectivity index (χ1n) is 8.74. The number of rotatable bonds is 5. The SMILES string of the molecule is COC(=O)c1cc(-c2ccccc2)sc1NC(=S)NC(C)c1cn(C)nc1C. The molecule has 1 atom stereocenters. The van der Waals surface area contributed by atoms with E-state index >= 15 is 0 Å². The summed E-state index contributed by atoms with van der Waals surface area (Å²) in [5.74, 6) is -0.403. The van der Waals surface area contributed by atoms with Crippen molar-refractivity contribution in [3.8, 4) is 10.4 Å². The minimum Gasteiger partial charge on any atom is -0.465 e. The van der Waals surface area contributed by atoms with E-state index in [4.69, 9.17) is 17.0 Å². The molecule has 2 heterocycles. The van der Waals surface area contributed by atoms with Gasteiger partial charge in [0.25, 0.3) is 0 Å². The van der Waals surface area contributed by atoms with Gasteiger partial charge in [-0.2, -0.15) is 5.10 Å². The van der Waals surface area contributed by atoms with E-state index < -0.39 is 5.97 Å². The number of aromatic nitrogens is 2. The van der Waals surface area contributed by atoms with Crippen molar-refractivity contribution >= 4 is 39.6 Å². The Bertz CT molecular complexity index is 995. The molecule has 0 amide bonds. The van der Waals surface area contributed by atoms with Gasteiger partial charge in [0.05, 0.1) is 24.4 Å². The molecular formula is C20H22N4O2S2. The third kappa shape index (κ3) is 4.40. The second kappa shape index (κ2) is 8.53. The van der Waals surface area contributed by atoms with Crippen molar-refractivity contribution in [2.75, 3.05) is 12.4 Å². The van der Waals surface area contributed by atoms with Gasteiger partial charge in [0.1, 0.15) is 5.00 Å². The number of esters is 1. The molecule has 0 aliphatic carbocycles. The van der Waals surface area contributed by atoms with Crippen molar-refractivity contribution in [2.45, 2.75) is 19.9 Å². The molecule has 0 saturated heterocycles. The van der Waals surface area contributed by atoms with Gasteiger partial charge in [-0.15, -0.1) is 11.3 Å². The second-order valence-corrected chi connectivity index (χ2v) is 7.84. The summed E-state index contributed by atoms with van der Waals surface area (Å²) < 4.78 is 6.71. The number of anilines is 1. The standard InChI is InChI=1S/C20H22N4O2S2/c1-12(16-11-24(3)23-13(16)2)21-20(27)22-18-15(19(25)26-4)10-17(28-18)14-8-6-5-7-9-14/h5-12H,1-4H3,(H2,21,22,27). The maximum atomic E-state index is 12.2. The van der Waals surface area contributed by atoms with Crippen LogP contribution in [0.4, 0.5) is 5.00 Å². The molecule has 0 saturated carbocycles. The van der Waals surface area contributed by atoms with Crippen molar-refractivity contribution in [3.63, 3.8) is 0 Å². The van der Waals surface area contributed by atoms with Crippen LogP contribution in [-0.2, 0) is 11.8 Å². The van der Waals surface area contributed by atoms with Crippen LogP contribution in [0.2, 0.25) is 0 Å². The zero-order valence-electron chi connectivity index (χ0n) is 16.1. The van der Waals surface area contributed by atoms with Crippen molar-refractivity contribution < 1.29 is 9.53 Å². The molecular weight excluding hydrogens is 392 g/mol. The van der Waals surface area contributed by atoms with Crippen LogP contribution in [0.25, 0.3) is 10.4 Å². The minimum atomic E-state index is -0.403. The Labute approximate surface area is 173 Å². The molecule has 3 aromatic rings. The molecule has 0 fully saturated rings. The fourth-order valence-corrected chi connectivity index (χ4v) is 4.35. The molecule has 2 aromatic heterocycles. The van der Waals surface area contributed by atoms with Crippen LogP contribution in [-0.4, -0.2) is 28.0 Å². The van der Waals surface area contributed by atoms with E-state index in [2.05, 4.69) is 15.7 Å². The Morgan fingerprint density at radius 3 is 2.64 bits per heavy atom. The summed E-state index contributed by atoms with van der Waals surface area (Å²) in [6, 6.07) is 11.7. The van der Waals surface area contributed by atoms with Crippen LogP contribution in [0.15, 0.2) is 42.6 Å². The minimum absolute atomic E-state index is 0.0242. The number of nitrogens with one attached hydrogen (secondary N) is 2. The lowest BCUT2D eigenvalue weighted by atomic mass is 10.1. The molecule has 0 aliphatic rings. The molecule has 28 heavy (non-hydrogen) atoms. The average Bonchev–Trinajstić information content (AvgIpc) is 3.24. The highest BCUT2D eigenvalue weighted by Gasteiger charge is 2.19. The lowest BCUT2D eigenvalue weighted by molar-refractivity contribution is 0.0602. The monoisotopic (exact) mass is 414 g/mol. The maximum Gasteiger partial charge on any atom is 0.340 e. The van der Waals surface area contributed by atoms with E-state index in [0.717, 1.165) is 21.7 Å². The van der Waals surface area contributed by atoms with Gasteiger partial charge >= 0.3 is 5.97 Å². The number of thiocarbonyl (C=S) groups is 1. The van der Waals surface area contributed by atoms with Gasteiger partial charge in [0.2, 0.25) is 0 Å². The number of ether oxygens (including phenoxy) is 1. The molecule has 6 nitrogen and oxygen atoms in total. The zero-order chi connectivity index (χ0) is 20.3. The van der Waals surface area contributed by atoms with Crippen molar-refractivity contribution in [3.05, 3.63) is 59.4 Å².